The lowest BCUT2D eigenvalue weighted by atomic mass is 10.0. The van der Waals surface area contributed by atoms with Crippen molar-refractivity contribution >= 4 is 76.7 Å². The second-order valence-electron chi connectivity index (χ2n) is 16.6. The molecule has 7 aromatic rings. The molecular weight excluding hydrogens is 937 g/mol. The van der Waals surface area contributed by atoms with Gasteiger partial charge in [-0.15, -0.1) is 0 Å². The summed E-state index contributed by atoms with van der Waals surface area (Å²) in [5.74, 6) is 0.726. The van der Waals surface area contributed by atoms with Crippen LogP contribution >= 0.6 is 0 Å². The van der Waals surface area contributed by atoms with Gasteiger partial charge in [-0.2, -0.15) is 25.3 Å². The summed E-state index contributed by atoms with van der Waals surface area (Å²) < 4.78 is 108. The van der Waals surface area contributed by atoms with E-state index in [9.17, 15) is 38.9 Å². The molecule has 17 heteroatoms. The Morgan fingerprint density at radius 3 is 1.00 bits per heavy atom. The summed E-state index contributed by atoms with van der Waals surface area (Å²) >= 11 is 0. The van der Waals surface area contributed by atoms with Gasteiger partial charge in [-0.3, -0.25) is 13.7 Å². The van der Waals surface area contributed by atoms with Gasteiger partial charge >= 0.3 is 0 Å². The summed E-state index contributed by atoms with van der Waals surface area (Å²) in [6, 6.07) is 32.5. The molecule has 352 valence electrons. The Morgan fingerprint density at radius 1 is 0.406 bits per heavy atom. The van der Waals surface area contributed by atoms with Crippen molar-refractivity contribution in [3.05, 3.63) is 144 Å². The minimum absolute atomic E-state index is 0.284. The molecule has 4 aromatic carbocycles. The monoisotopic (exact) mass is 982 g/mol. The lowest BCUT2D eigenvalue weighted by Gasteiger charge is -2.09. The number of ether oxygens (including phenoxy) is 1. The smallest absolute Gasteiger partial charge is 0.294 e. The van der Waals surface area contributed by atoms with Crippen molar-refractivity contribution in [2.75, 3.05) is 6.61 Å². The molecule has 9 rings (SSSR count). The van der Waals surface area contributed by atoms with Crippen LogP contribution in [0.3, 0.4) is 0 Å². The second kappa shape index (κ2) is 19.2. The van der Waals surface area contributed by atoms with Crippen molar-refractivity contribution in [1.29, 1.82) is 0 Å². The van der Waals surface area contributed by atoms with Crippen molar-refractivity contribution < 1.29 is 43.6 Å². The van der Waals surface area contributed by atoms with Gasteiger partial charge in [-0.05, 0) is 126 Å². The van der Waals surface area contributed by atoms with Crippen molar-refractivity contribution in [3.8, 4) is 50.3 Å². The van der Waals surface area contributed by atoms with E-state index in [2.05, 4.69) is 16.9 Å². The molecule has 69 heavy (non-hydrogen) atoms. The van der Waals surface area contributed by atoms with Crippen molar-refractivity contribution in [3.63, 3.8) is 0 Å². The SMILES string of the molecule is CCCCCCCCOc1ccc(-c2c3nc(c(-c4ccc(S(=O)(=O)O)cc4)c4ccc([nH]4)c(-c4ccc(S(=O)(=O)O)cc4)c4nc(c(-c5ccc(S(=O)(=O)O)cc5)c5ccc2[nH]5)C=C4)C=C3)cc1. The van der Waals surface area contributed by atoms with E-state index in [4.69, 9.17) is 14.7 Å². The first-order valence-electron chi connectivity index (χ1n) is 22.2. The van der Waals surface area contributed by atoms with E-state index in [0.29, 0.717) is 84.8 Å². The molecule has 0 radical (unpaired) electrons. The molecule has 5 N–H and O–H groups in total. The second-order valence-corrected chi connectivity index (χ2v) is 20.9. The maximum atomic E-state index is 12.1. The summed E-state index contributed by atoms with van der Waals surface area (Å²) in [7, 11) is -13.5. The fourth-order valence-electron chi connectivity index (χ4n) is 8.59. The summed E-state index contributed by atoms with van der Waals surface area (Å²) in [6.45, 7) is 2.80. The highest BCUT2D eigenvalue weighted by molar-refractivity contribution is 7.86. The number of hydrogen-bond donors (Lipinski definition) is 5. The number of nitrogens with one attached hydrogen (secondary N) is 2. The molecule has 14 nitrogen and oxygen atoms in total. The molecule has 8 bridgehead atoms. The van der Waals surface area contributed by atoms with Crippen LogP contribution in [-0.2, 0) is 30.4 Å². The van der Waals surface area contributed by atoms with Crippen molar-refractivity contribution in [2.45, 2.75) is 60.1 Å². The lowest BCUT2D eigenvalue weighted by Crippen LogP contribution is -1.97. The lowest BCUT2D eigenvalue weighted by molar-refractivity contribution is 0.304. The van der Waals surface area contributed by atoms with E-state index in [0.717, 1.165) is 29.7 Å². The number of hydrogen-bond acceptors (Lipinski definition) is 9. The number of aromatic nitrogens is 4. The zero-order valence-corrected chi connectivity index (χ0v) is 39.6. The highest BCUT2D eigenvalue weighted by atomic mass is 32.2. The number of rotatable bonds is 15. The first kappa shape index (κ1) is 47.1. The first-order chi connectivity index (χ1) is 33.0. The van der Waals surface area contributed by atoms with E-state index in [1.807, 2.05) is 66.8 Å². The molecule has 5 heterocycles. The minimum atomic E-state index is -4.52. The number of aromatic amines is 2. The van der Waals surface area contributed by atoms with Crippen LogP contribution in [0.25, 0.3) is 90.9 Å². The third-order valence-corrected chi connectivity index (χ3v) is 14.6. The van der Waals surface area contributed by atoms with Crippen LogP contribution in [0.1, 0.15) is 68.2 Å². The van der Waals surface area contributed by atoms with Crippen LogP contribution in [0.15, 0.2) is 136 Å². The van der Waals surface area contributed by atoms with Crippen LogP contribution in [0, 0.1) is 0 Å². The Morgan fingerprint density at radius 2 is 0.696 bits per heavy atom. The molecule has 2 aliphatic heterocycles. The molecule has 0 aliphatic carbocycles. The van der Waals surface area contributed by atoms with E-state index in [-0.39, 0.29) is 14.7 Å². The van der Waals surface area contributed by atoms with Crippen molar-refractivity contribution in [1.82, 2.24) is 19.9 Å². The minimum Gasteiger partial charge on any atom is -0.494 e. The predicted octanol–water partition coefficient (Wildman–Crippen LogP) is 11.8. The number of H-pyrrole nitrogens is 2. The molecule has 0 saturated carbocycles. The first-order valence-corrected chi connectivity index (χ1v) is 26.5. The van der Waals surface area contributed by atoms with Gasteiger partial charge in [-0.1, -0.05) is 87.6 Å². The Hall–Kier alpha value is -6.99. The highest BCUT2D eigenvalue weighted by Crippen LogP contribution is 2.39. The van der Waals surface area contributed by atoms with Crippen LogP contribution in [0.5, 0.6) is 5.75 Å². The van der Waals surface area contributed by atoms with Gasteiger partial charge in [0, 0.05) is 44.3 Å². The average Bonchev–Trinajstić information content (AvgIpc) is 4.17. The number of unbranched alkanes of at least 4 members (excludes halogenated alkanes) is 5. The molecule has 0 spiro atoms. The molecule has 0 atom stereocenters. The molecule has 0 unspecified atom stereocenters. The topological polar surface area (TPSA) is 230 Å². The van der Waals surface area contributed by atoms with Crippen molar-refractivity contribution in [2.24, 2.45) is 0 Å². The third kappa shape index (κ3) is 10.2. The Balaban J connectivity index is 1.32. The Bertz CT molecular complexity index is 3600. The van der Waals surface area contributed by atoms with Gasteiger partial charge in [0.15, 0.2) is 0 Å². The van der Waals surface area contributed by atoms with Gasteiger partial charge in [0.2, 0.25) is 0 Å². The highest BCUT2D eigenvalue weighted by Gasteiger charge is 2.21. The summed E-state index contributed by atoms with van der Waals surface area (Å²) in [5, 5.41) is 0. The predicted molar refractivity (Wildman–Crippen MR) is 269 cm³/mol. The molecule has 0 fully saturated rings. The summed E-state index contributed by atoms with van der Waals surface area (Å²) in [4.78, 5) is 16.6. The van der Waals surface area contributed by atoms with Crippen LogP contribution in [0.2, 0.25) is 0 Å². The van der Waals surface area contributed by atoms with E-state index in [1.54, 1.807) is 42.5 Å². The standard InChI is InChI=1S/C52H46N4O10S3/c1-2-3-4-5-6-7-32-66-37-16-8-33(9-17-37)49-41-24-26-43(53-41)50(34-10-18-38(19-11-34)67(57,58)59)45-28-30-47(55-45)52(36-14-22-40(23-15-36)69(63,64)65)48-31-29-46(56-48)51(44-27-25-42(49)54-44)35-12-20-39(21-13-35)68(60,61)62/h8-31,53,56H,2-7,32H2,1H3,(H,57,58,59)(H,60,61,62)(H,63,64,65). The normalized spacial score (nSPS) is 12.7. The summed E-state index contributed by atoms with van der Waals surface area (Å²) in [6.07, 6.45) is 14.2. The number of benzene rings is 4. The number of nitrogens with zero attached hydrogens (tertiary/aromatic N) is 2. The summed E-state index contributed by atoms with van der Waals surface area (Å²) in [5.41, 5.74) is 9.41. The van der Waals surface area contributed by atoms with Crippen LogP contribution < -0.4 is 4.74 Å². The maximum absolute atomic E-state index is 12.1. The third-order valence-electron chi connectivity index (χ3n) is 12.0. The zero-order chi connectivity index (χ0) is 48.5. The van der Waals surface area contributed by atoms with E-state index in [1.165, 1.54) is 62.1 Å². The van der Waals surface area contributed by atoms with Gasteiger partial charge in [-0.25, -0.2) is 9.97 Å². The van der Waals surface area contributed by atoms with Gasteiger partial charge < -0.3 is 14.7 Å². The Kier molecular flexibility index (Phi) is 13.1. The van der Waals surface area contributed by atoms with Gasteiger partial charge in [0.05, 0.1) is 44.1 Å². The van der Waals surface area contributed by atoms with Gasteiger partial charge in [0.1, 0.15) is 5.75 Å². The number of fused-ring (bicyclic) bond motifs is 8. The fraction of sp³-hybridized carbons (Fsp3) is 0.154. The zero-order valence-electron chi connectivity index (χ0n) is 37.1. The van der Waals surface area contributed by atoms with Crippen LogP contribution in [0.4, 0.5) is 0 Å². The molecule has 2 aliphatic rings. The molecule has 0 saturated heterocycles. The fourth-order valence-corrected chi connectivity index (χ4v) is 10.0. The molecule has 3 aromatic heterocycles. The maximum Gasteiger partial charge on any atom is 0.294 e. The van der Waals surface area contributed by atoms with Gasteiger partial charge in [0.25, 0.3) is 30.4 Å². The average molecular weight is 983 g/mol. The quantitative estimate of drug-likeness (QED) is 0.0477. The molecule has 0 amide bonds. The van der Waals surface area contributed by atoms with Crippen LogP contribution in [-0.4, -0.2) is 65.5 Å². The largest absolute Gasteiger partial charge is 0.494 e. The van der Waals surface area contributed by atoms with E-state index >= 15 is 0 Å². The Labute approximate surface area is 399 Å². The molecular formula is C52H46N4O10S3. The van der Waals surface area contributed by atoms with E-state index < -0.39 is 30.4 Å².